The zero-order valence-electron chi connectivity index (χ0n) is 11.6. The average Bonchev–Trinajstić information content (AvgIpc) is 2.52. The number of nitrogens with one attached hydrogen (secondary N) is 1. The Hall–Kier alpha value is -2.21. The fourth-order valence-electron chi connectivity index (χ4n) is 1.76. The molecule has 5 nitrogen and oxygen atoms in total. The SMILES string of the molecule is CSc1cccc(NCCOc2ccc([N+](=O)[O-])cc2)c1. The van der Waals surface area contributed by atoms with Gasteiger partial charge in [-0.05, 0) is 36.6 Å². The van der Waals surface area contributed by atoms with E-state index in [-0.39, 0.29) is 5.69 Å². The number of nitro benzene ring substituents is 1. The molecule has 0 spiro atoms. The highest BCUT2D eigenvalue weighted by Gasteiger charge is 2.04. The first-order valence-electron chi connectivity index (χ1n) is 6.44. The average molecular weight is 304 g/mol. The number of hydrogen-bond donors (Lipinski definition) is 1. The van der Waals surface area contributed by atoms with Crippen molar-refractivity contribution in [1.29, 1.82) is 0 Å². The summed E-state index contributed by atoms with van der Waals surface area (Å²) >= 11 is 1.70. The summed E-state index contributed by atoms with van der Waals surface area (Å²) in [5.74, 6) is 0.625. The third-order valence-corrected chi connectivity index (χ3v) is 3.54. The smallest absolute Gasteiger partial charge is 0.269 e. The van der Waals surface area contributed by atoms with Crippen LogP contribution < -0.4 is 10.1 Å². The van der Waals surface area contributed by atoms with Crippen LogP contribution in [0.15, 0.2) is 53.4 Å². The zero-order valence-corrected chi connectivity index (χ0v) is 12.4. The van der Waals surface area contributed by atoms with Crippen LogP contribution in [0.2, 0.25) is 0 Å². The summed E-state index contributed by atoms with van der Waals surface area (Å²) < 4.78 is 5.53. The number of rotatable bonds is 7. The third kappa shape index (κ3) is 4.68. The Kier molecular flexibility index (Phi) is 5.45. The van der Waals surface area contributed by atoms with Crippen molar-refractivity contribution in [3.63, 3.8) is 0 Å². The van der Waals surface area contributed by atoms with Gasteiger partial charge in [-0.3, -0.25) is 10.1 Å². The number of nitro groups is 1. The molecule has 0 bridgehead atoms. The Labute approximate surface area is 127 Å². The van der Waals surface area contributed by atoms with E-state index < -0.39 is 4.92 Å². The number of anilines is 1. The number of non-ortho nitro benzene ring substituents is 1. The monoisotopic (exact) mass is 304 g/mol. The molecule has 0 saturated heterocycles. The van der Waals surface area contributed by atoms with Crippen LogP contribution in [0.5, 0.6) is 5.75 Å². The Morgan fingerprint density at radius 1 is 1.24 bits per heavy atom. The Bertz CT molecular complexity index is 602. The minimum Gasteiger partial charge on any atom is -0.492 e. The molecule has 2 aromatic carbocycles. The summed E-state index contributed by atoms with van der Waals surface area (Å²) in [6.07, 6.45) is 2.04. The highest BCUT2D eigenvalue weighted by molar-refractivity contribution is 7.98. The van der Waals surface area contributed by atoms with Gasteiger partial charge in [0.25, 0.3) is 5.69 Å². The maximum absolute atomic E-state index is 10.5. The van der Waals surface area contributed by atoms with Crippen molar-refractivity contribution < 1.29 is 9.66 Å². The van der Waals surface area contributed by atoms with Gasteiger partial charge < -0.3 is 10.1 Å². The number of ether oxygens (including phenoxy) is 1. The molecule has 6 heteroatoms. The van der Waals surface area contributed by atoms with Gasteiger partial charge in [0.1, 0.15) is 12.4 Å². The van der Waals surface area contributed by atoms with Crippen molar-refractivity contribution >= 4 is 23.1 Å². The van der Waals surface area contributed by atoms with E-state index in [9.17, 15) is 10.1 Å². The summed E-state index contributed by atoms with van der Waals surface area (Å²) in [4.78, 5) is 11.3. The van der Waals surface area contributed by atoms with Gasteiger partial charge in [-0.1, -0.05) is 6.07 Å². The second kappa shape index (κ2) is 7.54. The van der Waals surface area contributed by atoms with Crippen LogP contribution in [0.3, 0.4) is 0 Å². The van der Waals surface area contributed by atoms with Crippen molar-refractivity contribution in [3.05, 3.63) is 58.6 Å². The molecular formula is C15H16N2O3S. The molecule has 1 N–H and O–H groups in total. The second-order valence-corrected chi connectivity index (χ2v) is 5.14. The van der Waals surface area contributed by atoms with Gasteiger partial charge >= 0.3 is 0 Å². The molecule has 0 radical (unpaired) electrons. The third-order valence-electron chi connectivity index (χ3n) is 2.82. The van der Waals surface area contributed by atoms with Crippen molar-refractivity contribution in [1.82, 2.24) is 0 Å². The highest BCUT2D eigenvalue weighted by Crippen LogP contribution is 2.19. The number of hydrogen-bond acceptors (Lipinski definition) is 5. The first-order valence-corrected chi connectivity index (χ1v) is 7.66. The van der Waals surface area contributed by atoms with Gasteiger partial charge in [-0.2, -0.15) is 0 Å². The molecule has 0 saturated carbocycles. The van der Waals surface area contributed by atoms with Crippen molar-refractivity contribution in [3.8, 4) is 5.75 Å². The van der Waals surface area contributed by atoms with Crippen molar-refractivity contribution in [2.75, 3.05) is 24.7 Å². The van der Waals surface area contributed by atoms with Crippen LogP contribution in [0, 0.1) is 10.1 Å². The molecule has 0 aliphatic rings. The highest BCUT2D eigenvalue weighted by atomic mass is 32.2. The molecule has 0 heterocycles. The normalized spacial score (nSPS) is 10.1. The van der Waals surface area contributed by atoms with Crippen LogP contribution in [-0.4, -0.2) is 24.3 Å². The molecule has 0 atom stereocenters. The summed E-state index contributed by atoms with van der Waals surface area (Å²) in [5.41, 5.74) is 1.11. The predicted octanol–water partition coefficient (Wildman–Crippen LogP) is 3.81. The first kappa shape index (κ1) is 15.2. The number of benzene rings is 2. The van der Waals surface area contributed by atoms with E-state index in [1.165, 1.54) is 17.0 Å². The van der Waals surface area contributed by atoms with Crippen molar-refractivity contribution in [2.24, 2.45) is 0 Å². The Morgan fingerprint density at radius 2 is 2.00 bits per heavy atom. The van der Waals surface area contributed by atoms with Gasteiger partial charge in [0.2, 0.25) is 0 Å². The molecule has 0 fully saturated rings. The van der Waals surface area contributed by atoms with E-state index in [0.717, 1.165) is 5.69 Å². The second-order valence-electron chi connectivity index (χ2n) is 4.26. The van der Waals surface area contributed by atoms with Gasteiger partial charge in [0.15, 0.2) is 0 Å². The van der Waals surface area contributed by atoms with Gasteiger partial charge in [0.05, 0.1) is 4.92 Å². The number of thioether (sulfide) groups is 1. The minimum atomic E-state index is -0.427. The molecule has 0 amide bonds. The lowest BCUT2D eigenvalue weighted by molar-refractivity contribution is -0.384. The molecule has 2 rings (SSSR count). The Morgan fingerprint density at radius 3 is 2.67 bits per heavy atom. The molecule has 0 unspecified atom stereocenters. The van der Waals surface area contributed by atoms with E-state index in [1.807, 2.05) is 18.4 Å². The Balaban J connectivity index is 1.77. The van der Waals surface area contributed by atoms with Crippen LogP contribution in [0.4, 0.5) is 11.4 Å². The van der Waals surface area contributed by atoms with Crippen LogP contribution in [-0.2, 0) is 0 Å². The van der Waals surface area contributed by atoms with Gasteiger partial charge in [0, 0.05) is 29.3 Å². The molecular weight excluding hydrogens is 288 g/mol. The van der Waals surface area contributed by atoms with E-state index in [1.54, 1.807) is 23.9 Å². The van der Waals surface area contributed by atoms with E-state index >= 15 is 0 Å². The maximum Gasteiger partial charge on any atom is 0.269 e. The van der Waals surface area contributed by atoms with Crippen LogP contribution in [0.25, 0.3) is 0 Å². The van der Waals surface area contributed by atoms with Crippen LogP contribution >= 0.6 is 11.8 Å². The summed E-state index contributed by atoms with van der Waals surface area (Å²) in [6.45, 7) is 1.15. The summed E-state index contributed by atoms with van der Waals surface area (Å²) in [7, 11) is 0. The van der Waals surface area contributed by atoms with Gasteiger partial charge in [-0.15, -0.1) is 11.8 Å². The standard InChI is InChI=1S/C15H16N2O3S/c1-21-15-4-2-3-12(11-15)16-9-10-20-14-7-5-13(6-8-14)17(18)19/h2-8,11,16H,9-10H2,1H3. The fourth-order valence-corrected chi connectivity index (χ4v) is 2.22. The predicted molar refractivity (Wildman–Crippen MR) is 85.3 cm³/mol. The number of nitrogens with zero attached hydrogens (tertiary/aromatic N) is 1. The molecule has 110 valence electrons. The lowest BCUT2D eigenvalue weighted by Gasteiger charge is -2.09. The molecule has 2 aromatic rings. The van der Waals surface area contributed by atoms with Gasteiger partial charge in [-0.25, -0.2) is 0 Å². The van der Waals surface area contributed by atoms with Crippen molar-refractivity contribution in [2.45, 2.75) is 4.90 Å². The minimum absolute atomic E-state index is 0.0642. The van der Waals surface area contributed by atoms with Crippen LogP contribution in [0.1, 0.15) is 0 Å². The molecule has 0 aliphatic carbocycles. The first-order chi connectivity index (χ1) is 10.2. The quantitative estimate of drug-likeness (QED) is 0.365. The topological polar surface area (TPSA) is 64.4 Å². The molecule has 21 heavy (non-hydrogen) atoms. The largest absolute Gasteiger partial charge is 0.492 e. The molecule has 0 aromatic heterocycles. The van der Waals surface area contributed by atoms with E-state index in [2.05, 4.69) is 17.4 Å². The fraction of sp³-hybridized carbons (Fsp3) is 0.200. The molecule has 0 aliphatic heterocycles. The summed E-state index contributed by atoms with van der Waals surface area (Å²) in [5, 5.41) is 13.8. The van der Waals surface area contributed by atoms with E-state index in [4.69, 9.17) is 4.74 Å². The van der Waals surface area contributed by atoms with E-state index in [0.29, 0.717) is 18.9 Å². The lowest BCUT2D eigenvalue weighted by Crippen LogP contribution is -2.11. The lowest BCUT2D eigenvalue weighted by atomic mass is 10.3. The zero-order chi connectivity index (χ0) is 15.1. The summed E-state index contributed by atoms with van der Waals surface area (Å²) in [6, 6.07) is 14.2. The maximum atomic E-state index is 10.5.